The molecule has 0 aromatic heterocycles. The van der Waals surface area contributed by atoms with Gasteiger partial charge in [-0.2, -0.15) is 40.8 Å². The van der Waals surface area contributed by atoms with E-state index >= 15 is 0 Å². The third-order valence-corrected chi connectivity index (χ3v) is 11.1. The van der Waals surface area contributed by atoms with Crippen molar-refractivity contribution < 1.29 is 65.7 Å². The van der Waals surface area contributed by atoms with Crippen LogP contribution in [-0.4, -0.2) is 69.1 Å². The molecule has 3 nitrogen and oxygen atoms in total. The molecule has 31 heavy (non-hydrogen) atoms. The first-order chi connectivity index (χ1) is 13.6. The van der Waals surface area contributed by atoms with E-state index in [2.05, 4.69) is 16.0 Å². The van der Waals surface area contributed by atoms with Crippen LogP contribution in [-0.2, 0) is 26.2 Å². The summed E-state index contributed by atoms with van der Waals surface area (Å²) in [4.78, 5) is 0. The maximum atomic E-state index is 12.6. The van der Waals surface area contributed by atoms with Crippen LogP contribution in [0.1, 0.15) is 27.2 Å². The number of allylic oxidation sites excluding steroid dienone is 4. The SMILES string of the molecule is CC[N-]C.CC[N-]C.CC[N-]C.F[C](F)(F)[Ge]([C]1=[C-]CC=C1)([C](F)(F)F)[C](F)(F)F.[Zr+4]. The molecule has 0 atom stereocenters. The summed E-state index contributed by atoms with van der Waals surface area (Å²) < 4.78 is 111. The Morgan fingerprint density at radius 2 is 1.00 bits per heavy atom. The van der Waals surface area contributed by atoms with Gasteiger partial charge >= 0.3 is 123 Å². The van der Waals surface area contributed by atoms with Gasteiger partial charge < -0.3 is 16.0 Å². The first kappa shape index (κ1) is 38.4. The summed E-state index contributed by atoms with van der Waals surface area (Å²) in [6, 6.07) is 0. The molecule has 0 spiro atoms. The smallest absolute Gasteiger partial charge is 4.00 e. The maximum Gasteiger partial charge on any atom is 4.00 e. The van der Waals surface area contributed by atoms with Crippen LogP contribution in [0.3, 0.4) is 0 Å². The van der Waals surface area contributed by atoms with Gasteiger partial charge in [0.15, 0.2) is 0 Å². The molecular formula is C17H28F9GeN3Zr. The van der Waals surface area contributed by atoms with Crippen molar-refractivity contribution in [2.75, 3.05) is 40.8 Å². The average molecular weight is 609 g/mol. The molecule has 0 radical (unpaired) electrons. The molecule has 0 N–H and O–H groups in total. The van der Waals surface area contributed by atoms with Crippen molar-refractivity contribution in [3.63, 3.8) is 0 Å². The number of rotatable bonds is 4. The van der Waals surface area contributed by atoms with E-state index in [0.717, 1.165) is 25.7 Å². The van der Waals surface area contributed by atoms with Crippen LogP contribution in [0, 0.1) is 6.08 Å². The first-order valence-electron chi connectivity index (χ1n) is 8.75. The molecule has 0 aromatic carbocycles. The summed E-state index contributed by atoms with van der Waals surface area (Å²) in [6.07, 6.45) is 2.09. The average Bonchev–Trinajstić information content (AvgIpc) is 3.13. The first-order valence-corrected chi connectivity index (χ1v) is 12.9. The van der Waals surface area contributed by atoms with Gasteiger partial charge in [-0.05, 0) is 0 Å². The van der Waals surface area contributed by atoms with Crippen molar-refractivity contribution in [1.82, 2.24) is 0 Å². The fourth-order valence-corrected chi connectivity index (χ4v) is 7.09. The van der Waals surface area contributed by atoms with Crippen LogP contribution >= 0.6 is 0 Å². The quantitative estimate of drug-likeness (QED) is 0.187. The van der Waals surface area contributed by atoms with Gasteiger partial charge in [0.25, 0.3) is 0 Å². The van der Waals surface area contributed by atoms with Gasteiger partial charge in [0, 0.05) is 0 Å². The van der Waals surface area contributed by atoms with Gasteiger partial charge in [0.2, 0.25) is 0 Å². The summed E-state index contributed by atoms with van der Waals surface area (Å²) in [5, 5.41) is -7.89. The minimum absolute atomic E-state index is 0. The summed E-state index contributed by atoms with van der Waals surface area (Å²) in [5.74, 6) is 0. The second kappa shape index (κ2) is 18.6. The Bertz CT molecular complexity index is 439. The molecule has 1 aliphatic rings. The van der Waals surface area contributed by atoms with Gasteiger partial charge in [-0.15, -0.1) is 0 Å². The van der Waals surface area contributed by atoms with Gasteiger partial charge in [-0.3, -0.25) is 0 Å². The predicted molar refractivity (Wildman–Crippen MR) is 104 cm³/mol. The largest absolute Gasteiger partial charge is 4.00 e. The molecule has 1 rings (SSSR count). The molecule has 14 heteroatoms. The Hall–Kier alpha value is 0.156. The van der Waals surface area contributed by atoms with Crippen LogP contribution in [0.25, 0.3) is 16.0 Å². The van der Waals surface area contributed by atoms with Crippen molar-refractivity contribution in [3.8, 4) is 0 Å². The number of hydrogen-bond acceptors (Lipinski definition) is 0. The molecule has 0 fully saturated rings. The summed E-state index contributed by atoms with van der Waals surface area (Å²) in [6.45, 7) is 8.88. The van der Waals surface area contributed by atoms with E-state index in [1.54, 1.807) is 27.2 Å². The minimum Gasteiger partial charge on any atom is 4.00 e. The van der Waals surface area contributed by atoms with E-state index in [9.17, 15) is 39.5 Å². The molecular weight excluding hydrogens is 581 g/mol. The van der Waals surface area contributed by atoms with Crippen LogP contribution in [0.5, 0.6) is 0 Å². The van der Waals surface area contributed by atoms with Gasteiger partial charge in [-0.25, -0.2) is 0 Å². The fourth-order valence-electron chi connectivity index (χ4n) is 1.60. The zero-order valence-electron chi connectivity index (χ0n) is 18.2. The molecule has 0 amide bonds. The second-order valence-corrected chi connectivity index (χ2v) is 13.2. The molecule has 0 aliphatic heterocycles. The van der Waals surface area contributed by atoms with E-state index in [1.807, 2.05) is 20.8 Å². The fraction of sp³-hybridized carbons (Fsp3) is 0.765. The second-order valence-electron chi connectivity index (χ2n) is 5.34. The molecule has 0 saturated carbocycles. The zero-order chi connectivity index (χ0) is 24.6. The minimum atomic E-state index is -8.40. The number of hydrogen-bond donors (Lipinski definition) is 0. The monoisotopic (exact) mass is 609 g/mol. The van der Waals surface area contributed by atoms with Gasteiger partial charge in [0.1, 0.15) is 0 Å². The number of alkyl halides is 9. The van der Waals surface area contributed by atoms with Gasteiger partial charge in [-0.1, -0.05) is 20.8 Å². The third kappa shape index (κ3) is 12.8. The Balaban J connectivity index is -0.000000232. The molecule has 0 heterocycles. The topological polar surface area (TPSA) is 42.3 Å². The van der Waals surface area contributed by atoms with Crippen LogP contribution in [0.15, 0.2) is 16.6 Å². The van der Waals surface area contributed by atoms with E-state index in [1.165, 1.54) is 0 Å². The maximum absolute atomic E-state index is 12.6. The van der Waals surface area contributed by atoms with Crippen LogP contribution in [0.4, 0.5) is 39.5 Å². The molecule has 0 bridgehead atoms. The van der Waals surface area contributed by atoms with Crippen molar-refractivity contribution in [1.29, 1.82) is 0 Å². The summed E-state index contributed by atoms with van der Waals surface area (Å²) in [7, 11) is 5.42. The van der Waals surface area contributed by atoms with E-state index < -0.39 is 39.1 Å². The van der Waals surface area contributed by atoms with Crippen molar-refractivity contribution in [2.45, 2.75) is 42.2 Å². The Morgan fingerprint density at radius 3 is 1.13 bits per heavy atom. The number of halogens is 9. The van der Waals surface area contributed by atoms with Crippen molar-refractivity contribution in [2.24, 2.45) is 0 Å². The van der Waals surface area contributed by atoms with Crippen LogP contribution < -0.4 is 0 Å². The standard InChI is InChI=1S/C8H4F9Ge.3C3H8N.Zr/c9-6(10,11)18(7(12,13)14,8(15,16)17)5-3-1-2-4-5;3*1-3-4-2;/h1,3H,2H2;3*3H2,1-2H3;/q4*-1;+4. The van der Waals surface area contributed by atoms with E-state index in [4.69, 9.17) is 0 Å². The molecule has 0 saturated heterocycles. The summed E-state index contributed by atoms with van der Waals surface area (Å²) >= 11 is -8.40. The zero-order valence-corrected chi connectivity index (χ0v) is 22.8. The molecule has 0 aromatic rings. The van der Waals surface area contributed by atoms with Crippen LogP contribution in [0.2, 0.25) is 0 Å². The third-order valence-electron chi connectivity index (χ3n) is 3.32. The van der Waals surface area contributed by atoms with Crippen molar-refractivity contribution >= 4 is 13.3 Å². The normalized spacial score (nSPS) is 13.5. The number of nitrogens with zero attached hydrogens (tertiary/aromatic N) is 3. The Kier molecular flexibility index (Phi) is 23.0. The van der Waals surface area contributed by atoms with Gasteiger partial charge in [0.05, 0.1) is 0 Å². The Morgan fingerprint density at radius 1 is 0.742 bits per heavy atom. The predicted octanol–water partition coefficient (Wildman–Crippen LogP) is 7.00. The van der Waals surface area contributed by atoms with E-state index in [0.29, 0.717) is 0 Å². The molecule has 182 valence electrons. The van der Waals surface area contributed by atoms with Crippen molar-refractivity contribution in [3.05, 3.63) is 38.6 Å². The Labute approximate surface area is 200 Å². The molecule has 1 aliphatic carbocycles. The van der Waals surface area contributed by atoms with E-state index in [-0.39, 0.29) is 32.3 Å². The summed E-state index contributed by atoms with van der Waals surface area (Å²) in [5.41, 5.74) is 0. The molecule has 0 unspecified atom stereocenters.